The number of esters is 1. The van der Waals surface area contributed by atoms with Gasteiger partial charge in [-0.15, -0.1) is 0 Å². The van der Waals surface area contributed by atoms with Crippen LogP contribution in [0, 0.1) is 5.92 Å². The minimum atomic E-state index is -0.490. The van der Waals surface area contributed by atoms with E-state index in [1.54, 1.807) is 4.90 Å². The number of likely N-dealkylation sites (tertiary alicyclic amines) is 1. The average Bonchev–Trinajstić information content (AvgIpc) is 2.25. The van der Waals surface area contributed by atoms with E-state index in [9.17, 15) is 9.59 Å². The summed E-state index contributed by atoms with van der Waals surface area (Å²) >= 11 is 0. The lowest BCUT2D eigenvalue weighted by molar-refractivity contribution is -0.147. The van der Waals surface area contributed by atoms with E-state index in [0.717, 1.165) is 0 Å². The van der Waals surface area contributed by atoms with Crippen molar-refractivity contribution in [1.29, 1.82) is 0 Å². The van der Waals surface area contributed by atoms with Crippen LogP contribution in [0.1, 0.15) is 40.5 Å². The van der Waals surface area contributed by atoms with Gasteiger partial charge < -0.3 is 14.4 Å². The van der Waals surface area contributed by atoms with Crippen LogP contribution in [0.25, 0.3) is 0 Å². The molecule has 0 aromatic rings. The second-order valence-corrected chi connectivity index (χ2v) is 5.77. The Kier molecular flexibility index (Phi) is 4.59. The summed E-state index contributed by atoms with van der Waals surface area (Å²) in [5.41, 5.74) is -0.490. The van der Waals surface area contributed by atoms with Crippen LogP contribution < -0.4 is 0 Å². The highest BCUT2D eigenvalue weighted by Gasteiger charge is 2.34. The Hall–Kier alpha value is -1.26. The average molecular weight is 257 g/mol. The molecule has 5 heteroatoms. The summed E-state index contributed by atoms with van der Waals surface area (Å²) in [5, 5.41) is 0. The molecule has 5 nitrogen and oxygen atoms in total. The van der Waals surface area contributed by atoms with Gasteiger partial charge in [0.25, 0.3) is 0 Å². The van der Waals surface area contributed by atoms with Gasteiger partial charge in [0, 0.05) is 12.6 Å². The van der Waals surface area contributed by atoms with Crippen LogP contribution in [0.15, 0.2) is 0 Å². The third kappa shape index (κ3) is 3.89. The van der Waals surface area contributed by atoms with Crippen LogP contribution in [-0.2, 0) is 14.3 Å². The highest BCUT2D eigenvalue weighted by molar-refractivity contribution is 5.73. The molecule has 0 aliphatic carbocycles. The molecule has 0 spiro atoms. The highest BCUT2D eigenvalue weighted by Crippen LogP contribution is 2.25. The summed E-state index contributed by atoms with van der Waals surface area (Å²) in [7, 11) is 1.40. The quantitative estimate of drug-likeness (QED) is 0.676. The van der Waals surface area contributed by atoms with Crippen LogP contribution in [0.4, 0.5) is 4.79 Å². The maximum absolute atomic E-state index is 12.0. The van der Waals surface area contributed by atoms with E-state index in [1.807, 2.05) is 27.7 Å². The van der Waals surface area contributed by atoms with Crippen molar-refractivity contribution in [3.05, 3.63) is 0 Å². The maximum Gasteiger partial charge on any atom is 0.410 e. The normalized spacial score (nSPS) is 24.6. The summed E-state index contributed by atoms with van der Waals surface area (Å²) in [6, 6.07) is -0.00213. The number of amides is 1. The summed E-state index contributed by atoms with van der Waals surface area (Å²) in [6.07, 6.45) is 0.959. The minimum Gasteiger partial charge on any atom is -0.469 e. The van der Waals surface area contributed by atoms with Gasteiger partial charge in [-0.1, -0.05) is 0 Å². The molecule has 1 amide bonds. The number of methoxy groups -OCH3 is 1. The van der Waals surface area contributed by atoms with Crippen molar-refractivity contribution in [1.82, 2.24) is 4.90 Å². The smallest absolute Gasteiger partial charge is 0.410 e. The maximum atomic E-state index is 12.0. The summed E-state index contributed by atoms with van der Waals surface area (Å²) in [5.74, 6) is -0.297. The van der Waals surface area contributed by atoms with Crippen LogP contribution in [0.5, 0.6) is 0 Å². The van der Waals surface area contributed by atoms with Gasteiger partial charge in [0.05, 0.1) is 13.0 Å². The first-order chi connectivity index (χ1) is 8.24. The number of rotatable bonds is 1. The molecule has 1 saturated heterocycles. The number of nitrogens with zero attached hydrogens (tertiary/aromatic N) is 1. The van der Waals surface area contributed by atoms with Gasteiger partial charge in [0.15, 0.2) is 0 Å². The SMILES string of the molecule is COC(=O)C1CCN(C(=O)OC(C)(C)C)[C@H](C)C1. The Labute approximate surface area is 108 Å². The van der Waals surface area contributed by atoms with Gasteiger partial charge in [0.1, 0.15) is 5.60 Å². The molecule has 0 saturated carbocycles. The molecule has 1 rings (SSSR count). The molecule has 0 radical (unpaired) electrons. The summed E-state index contributed by atoms with van der Waals surface area (Å²) < 4.78 is 10.1. The minimum absolute atomic E-state index is 0.00213. The Bertz CT molecular complexity index is 321. The molecule has 1 unspecified atom stereocenters. The second-order valence-electron chi connectivity index (χ2n) is 5.77. The van der Waals surface area contributed by atoms with E-state index in [4.69, 9.17) is 9.47 Å². The monoisotopic (exact) mass is 257 g/mol. The van der Waals surface area contributed by atoms with Crippen molar-refractivity contribution in [2.45, 2.75) is 52.2 Å². The first kappa shape index (κ1) is 14.8. The zero-order chi connectivity index (χ0) is 13.9. The van der Waals surface area contributed by atoms with Crippen LogP contribution in [-0.4, -0.2) is 42.3 Å². The van der Waals surface area contributed by atoms with E-state index in [1.165, 1.54) is 7.11 Å². The predicted octanol–water partition coefficient (Wildman–Crippen LogP) is 2.20. The van der Waals surface area contributed by atoms with E-state index in [-0.39, 0.29) is 24.0 Å². The number of carbonyl (C=O) groups is 2. The van der Waals surface area contributed by atoms with Gasteiger partial charge in [-0.05, 0) is 40.5 Å². The molecule has 0 bridgehead atoms. The van der Waals surface area contributed by atoms with Crippen LogP contribution >= 0.6 is 0 Å². The van der Waals surface area contributed by atoms with Crippen molar-refractivity contribution in [3.63, 3.8) is 0 Å². The Balaban J connectivity index is 2.57. The van der Waals surface area contributed by atoms with Crippen molar-refractivity contribution in [2.24, 2.45) is 5.92 Å². The molecule has 0 aromatic carbocycles. The van der Waals surface area contributed by atoms with Crippen molar-refractivity contribution >= 4 is 12.1 Å². The van der Waals surface area contributed by atoms with E-state index in [2.05, 4.69) is 0 Å². The fraction of sp³-hybridized carbons (Fsp3) is 0.846. The molecule has 1 fully saturated rings. The Morgan fingerprint density at radius 1 is 1.28 bits per heavy atom. The predicted molar refractivity (Wildman–Crippen MR) is 67.1 cm³/mol. The van der Waals surface area contributed by atoms with Crippen molar-refractivity contribution < 1.29 is 19.1 Å². The molecule has 1 aliphatic rings. The third-order valence-corrected chi connectivity index (χ3v) is 3.04. The largest absolute Gasteiger partial charge is 0.469 e. The van der Waals surface area contributed by atoms with Crippen molar-refractivity contribution in [3.8, 4) is 0 Å². The zero-order valence-corrected chi connectivity index (χ0v) is 11.9. The zero-order valence-electron chi connectivity index (χ0n) is 11.9. The molecule has 2 atom stereocenters. The number of hydrogen-bond donors (Lipinski definition) is 0. The molecule has 1 aliphatic heterocycles. The third-order valence-electron chi connectivity index (χ3n) is 3.04. The molecule has 0 aromatic heterocycles. The van der Waals surface area contributed by atoms with E-state index in [0.29, 0.717) is 19.4 Å². The first-order valence-electron chi connectivity index (χ1n) is 6.32. The van der Waals surface area contributed by atoms with Gasteiger partial charge in [-0.2, -0.15) is 0 Å². The van der Waals surface area contributed by atoms with Crippen LogP contribution in [0.2, 0.25) is 0 Å². The lowest BCUT2D eigenvalue weighted by atomic mass is 9.92. The number of carbonyl (C=O) groups excluding carboxylic acids is 2. The molecule has 1 heterocycles. The fourth-order valence-corrected chi connectivity index (χ4v) is 2.14. The molecule has 104 valence electrons. The lowest BCUT2D eigenvalue weighted by Gasteiger charge is -2.37. The number of piperidine rings is 1. The second kappa shape index (κ2) is 5.59. The molecular formula is C13H23NO4. The fourth-order valence-electron chi connectivity index (χ4n) is 2.14. The summed E-state index contributed by atoms with van der Waals surface area (Å²) in [6.45, 7) is 8.00. The summed E-state index contributed by atoms with van der Waals surface area (Å²) in [4.78, 5) is 25.1. The topological polar surface area (TPSA) is 55.8 Å². The highest BCUT2D eigenvalue weighted by atomic mass is 16.6. The lowest BCUT2D eigenvalue weighted by Crippen LogP contribution is -2.48. The standard InChI is InChI=1S/C13H23NO4/c1-9-8-10(11(15)17-5)6-7-14(9)12(16)18-13(2,3)4/h9-10H,6-8H2,1-5H3/t9-,10?/m1/s1. The van der Waals surface area contributed by atoms with Gasteiger partial charge in [-0.25, -0.2) is 4.79 Å². The van der Waals surface area contributed by atoms with Crippen molar-refractivity contribution in [2.75, 3.05) is 13.7 Å². The number of hydrogen-bond acceptors (Lipinski definition) is 4. The molecule has 18 heavy (non-hydrogen) atoms. The van der Waals surface area contributed by atoms with Crippen LogP contribution in [0.3, 0.4) is 0 Å². The molecule has 0 N–H and O–H groups in total. The van der Waals surface area contributed by atoms with Gasteiger partial charge in [-0.3, -0.25) is 4.79 Å². The van der Waals surface area contributed by atoms with E-state index >= 15 is 0 Å². The van der Waals surface area contributed by atoms with Gasteiger partial charge in [0.2, 0.25) is 0 Å². The van der Waals surface area contributed by atoms with Gasteiger partial charge >= 0.3 is 12.1 Å². The Morgan fingerprint density at radius 2 is 1.89 bits per heavy atom. The first-order valence-corrected chi connectivity index (χ1v) is 6.32. The number of ether oxygens (including phenoxy) is 2. The van der Waals surface area contributed by atoms with E-state index < -0.39 is 5.60 Å². The Morgan fingerprint density at radius 3 is 2.33 bits per heavy atom. The molecular weight excluding hydrogens is 234 g/mol.